The molecule has 0 bridgehead atoms. The number of fused-ring (bicyclic) bond motifs is 1. The molecule has 19 heavy (non-hydrogen) atoms. The highest BCUT2D eigenvalue weighted by molar-refractivity contribution is 5.93. The Balaban J connectivity index is 0.000000637. The predicted octanol–water partition coefficient (Wildman–Crippen LogP) is 1.71. The lowest BCUT2D eigenvalue weighted by Crippen LogP contribution is -2.17. The van der Waals surface area contributed by atoms with Crippen molar-refractivity contribution >= 4 is 17.4 Å². The molecule has 0 atom stereocenters. The van der Waals surface area contributed by atoms with Gasteiger partial charge in [0.25, 0.3) is 0 Å². The summed E-state index contributed by atoms with van der Waals surface area (Å²) in [6.45, 7) is 5.80. The van der Waals surface area contributed by atoms with Gasteiger partial charge in [0.1, 0.15) is 5.82 Å². The molecule has 0 aromatic carbocycles. The van der Waals surface area contributed by atoms with E-state index in [-0.39, 0.29) is 17.5 Å². The molecule has 2 heterocycles. The molecule has 102 valence electrons. The van der Waals surface area contributed by atoms with Gasteiger partial charge in [-0.2, -0.15) is 0 Å². The Bertz CT molecular complexity index is 652. The molecule has 3 rings (SSSR count). The van der Waals surface area contributed by atoms with Gasteiger partial charge in [0.2, 0.25) is 5.91 Å². The summed E-state index contributed by atoms with van der Waals surface area (Å²) in [5.74, 6) is 0.652. The Labute approximate surface area is 110 Å². The first-order valence-corrected chi connectivity index (χ1v) is 6.54. The Morgan fingerprint density at radius 1 is 1.47 bits per heavy atom. The van der Waals surface area contributed by atoms with E-state index < -0.39 is 0 Å². The van der Waals surface area contributed by atoms with E-state index in [9.17, 15) is 9.59 Å². The van der Waals surface area contributed by atoms with Crippen LogP contribution in [-0.2, 0) is 4.79 Å². The third-order valence-corrected chi connectivity index (χ3v) is 2.89. The van der Waals surface area contributed by atoms with E-state index in [0.29, 0.717) is 11.5 Å². The second-order valence-corrected chi connectivity index (χ2v) is 4.33. The van der Waals surface area contributed by atoms with Gasteiger partial charge in [-0.3, -0.25) is 4.79 Å². The molecule has 0 saturated heterocycles. The molecule has 2 aromatic heterocycles. The lowest BCUT2D eigenvalue weighted by atomic mass is 10.3. The largest absolute Gasteiger partial charge is 0.331 e. The second-order valence-electron chi connectivity index (χ2n) is 4.33. The number of H-pyrrole nitrogens is 1. The molecule has 1 amide bonds. The van der Waals surface area contributed by atoms with Crippen LogP contribution < -0.4 is 11.0 Å². The first-order valence-electron chi connectivity index (χ1n) is 6.54. The zero-order valence-corrected chi connectivity index (χ0v) is 11.4. The number of hydrogen-bond donors (Lipinski definition) is 2. The van der Waals surface area contributed by atoms with Crippen molar-refractivity contribution in [3.63, 3.8) is 0 Å². The fourth-order valence-corrected chi connectivity index (χ4v) is 1.84. The van der Waals surface area contributed by atoms with Gasteiger partial charge in [0, 0.05) is 23.9 Å². The van der Waals surface area contributed by atoms with Crippen LogP contribution in [-0.4, -0.2) is 20.3 Å². The highest BCUT2D eigenvalue weighted by Crippen LogP contribution is 2.30. The van der Waals surface area contributed by atoms with Gasteiger partial charge in [-0.05, 0) is 19.8 Å². The van der Waals surface area contributed by atoms with Gasteiger partial charge in [-0.15, -0.1) is 0 Å². The molecule has 1 aliphatic carbocycles. The van der Waals surface area contributed by atoms with E-state index >= 15 is 0 Å². The van der Waals surface area contributed by atoms with Crippen molar-refractivity contribution in [2.45, 2.75) is 33.6 Å². The monoisotopic (exact) mass is 262 g/mol. The number of hydrogen-bond acceptors (Lipinski definition) is 3. The van der Waals surface area contributed by atoms with Crippen LogP contribution in [0.1, 0.15) is 32.4 Å². The molecule has 2 aromatic rings. The van der Waals surface area contributed by atoms with E-state index in [1.54, 1.807) is 13.0 Å². The Morgan fingerprint density at radius 2 is 2.16 bits per heavy atom. The molecule has 0 aliphatic heterocycles. The number of carbonyl (C=O) groups excluding carboxylic acids is 1. The molecule has 1 saturated carbocycles. The van der Waals surface area contributed by atoms with E-state index in [1.807, 2.05) is 13.8 Å². The minimum absolute atomic E-state index is 0.0131. The number of rotatable bonds is 2. The summed E-state index contributed by atoms with van der Waals surface area (Å²) >= 11 is 0. The average molecular weight is 262 g/mol. The SMILES string of the molecule is CC.Cc1cc(NC(=O)C2CC2)nc2c[nH]c(=O)n12. The molecule has 0 unspecified atom stereocenters. The van der Waals surface area contributed by atoms with Gasteiger partial charge in [0.05, 0.1) is 0 Å². The van der Waals surface area contributed by atoms with Crippen molar-refractivity contribution in [1.82, 2.24) is 14.4 Å². The summed E-state index contributed by atoms with van der Waals surface area (Å²) in [5.41, 5.74) is 1.04. The highest BCUT2D eigenvalue weighted by atomic mass is 16.2. The minimum atomic E-state index is -0.218. The number of aromatic nitrogens is 3. The lowest BCUT2D eigenvalue weighted by molar-refractivity contribution is -0.117. The number of nitrogens with one attached hydrogen (secondary N) is 2. The van der Waals surface area contributed by atoms with E-state index in [2.05, 4.69) is 15.3 Å². The van der Waals surface area contributed by atoms with Gasteiger partial charge < -0.3 is 10.3 Å². The third kappa shape index (κ3) is 2.67. The van der Waals surface area contributed by atoms with Crippen molar-refractivity contribution in [2.24, 2.45) is 5.92 Å². The van der Waals surface area contributed by atoms with Crippen LogP contribution >= 0.6 is 0 Å². The van der Waals surface area contributed by atoms with Crippen LogP contribution in [0, 0.1) is 12.8 Å². The van der Waals surface area contributed by atoms with Crippen molar-refractivity contribution in [2.75, 3.05) is 5.32 Å². The molecule has 2 N–H and O–H groups in total. The fraction of sp³-hybridized carbons (Fsp3) is 0.462. The van der Waals surface area contributed by atoms with Gasteiger partial charge >= 0.3 is 5.69 Å². The van der Waals surface area contributed by atoms with Crippen LogP contribution in [0.3, 0.4) is 0 Å². The summed E-state index contributed by atoms with van der Waals surface area (Å²) in [6, 6.07) is 1.70. The second kappa shape index (κ2) is 5.26. The molecule has 1 fully saturated rings. The standard InChI is InChI=1S/C11H12N4O2.C2H6/c1-6-4-8(14-10(16)7-2-3-7)13-9-5-12-11(17)15(6)9;1-2/h4-5,7H,2-3H2,1H3,(H,12,17)(H,13,14,16);1-2H3. The summed E-state index contributed by atoms with van der Waals surface area (Å²) in [4.78, 5) is 29.8. The van der Waals surface area contributed by atoms with Crippen molar-refractivity contribution in [1.29, 1.82) is 0 Å². The number of carbonyl (C=O) groups is 1. The highest BCUT2D eigenvalue weighted by Gasteiger charge is 2.29. The van der Waals surface area contributed by atoms with Crippen molar-refractivity contribution < 1.29 is 4.79 Å². The summed E-state index contributed by atoms with van der Waals surface area (Å²) in [6.07, 6.45) is 3.44. The number of nitrogens with zero attached hydrogens (tertiary/aromatic N) is 2. The Kier molecular flexibility index (Phi) is 3.69. The third-order valence-electron chi connectivity index (χ3n) is 2.89. The maximum Gasteiger partial charge on any atom is 0.331 e. The fourth-order valence-electron chi connectivity index (χ4n) is 1.84. The maximum atomic E-state index is 11.6. The number of aromatic amines is 1. The van der Waals surface area contributed by atoms with Gasteiger partial charge in [0.15, 0.2) is 5.65 Å². The normalized spacial score (nSPS) is 13.8. The number of anilines is 1. The predicted molar refractivity (Wildman–Crippen MR) is 73.3 cm³/mol. The smallest absolute Gasteiger partial charge is 0.310 e. The van der Waals surface area contributed by atoms with Gasteiger partial charge in [-0.25, -0.2) is 14.2 Å². The average Bonchev–Trinajstić information content (AvgIpc) is 3.17. The van der Waals surface area contributed by atoms with E-state index in [1.165, 1.54) is 10.6 Å². The summed E-state index contributed by atoms with van der Waals surface area (Å²) < 4.78 is 1.47. The number of imidazole rings is 1. The molecule has 0 radical (unpaired) electrons. The molecule has 6 nitrogen and oxygen atoms in total. The molecular formula is C13H18N4O2. The maximum absolute atomic E-state index is 11.6. The first kappa shape index (κ1) is 13.3. The lowest BCUT2D eigenvalue weighted by Gasteiger charge is -2.05. The topological polar surface area (TPSA) is 79.3 Å². The minimum Gasteiger partial charge on any atom is -0.310 e. The summed E-state index contributed by atoms with van der Waals surface area (Å²) in [5, 5.41) is 2.77. The first-order chi connectivity index (χ1) is 9.15. The zero-order chi connectivity index (χ0) is 14.0. The van der Waals surface area contributed by atoms with Crippen LogP contribution in [0.15, 0.2) is 17.1 Å². The van der Waals surface area contributed by atoms with E-state index in [4.69, 9.17) is 0 Å². The quantitative estimate of drug-likeness (QED) is 0.864. The summed E-state index contributed by atoms with van der Waals surface area (Å²) in [7, 11) is 0. The molecule has 0 spiro atoms. The van der Waals surface area contributed by atoms with Crippen molar-refractivity contribution in [3.05, 3.63) is 28.4 Å². The van der Waals surface area contributed by atoms with Crippen LogP contribution in [0.2, 0.25) is 0 Å². The van der Waals surface area contributed by atoms with E-state index in [0.717, 1.165) is 18.5 Å². The molecule has 1 aliphatic rings. The Hall–Kier alpha value is -2.11. The number of amides is 1. The number of aryl methyl sites for hydroxylation is 1. The van der Waals surface area contributed by atoms with Crippen molar-refractivity contribution in [3.8, 4) is 0 Å². The molecule has 6 heteroatoms. The van der Waals surface area contributed by atoms with Crippen LogP contribution in [0.25, 0.3) is 5.65 Å². The van der Waals surface area contributed by atoms with Gasteiger partial charge in [-0.1, -0.05) is 13.8 Å². The van der Waals surface area contributed by atoms with Crippen LogP contribution in [0.4, 0.5) is 5.82 Å². The zero-order valence-electron chi connectivity index (χ0n) is 11.4. The van der Waals surface area contributed by atoms with Crippen LogP contribution in [0.5, 0.6) is 0 Å². The Morgan fingerprint density at radius 3 is 2.79 bits per heavy atom. The molecular weight excluding hydrogens is 244 g/mol.